The highest BCUT2D eigenvalue weighted by Crippen LogP contribution is 2.20. The molecule has 0 N–H and O–H groups in total. The molecule has 0 saturated heterocycles. The lowest BCUT2D eigenvalue weighted by atomic mass is 10.1. The highest BCUT2D eigenvalue weighted by molar-refractivity contribution is 6.31. The van der Waals surface area contributed by atoms with Crippen molar-refractivity contribution in [2.75, 3.05) is 14.2 Å². The van der Waals surface area contributed by atoms with Crippen molar-refractivity contribution in [1.82, 2.24) is 24.9 Å². The van der Waals surface area contributed by atoms with E-state index in [1.54, 1.807) is 35.0 Å². The predicted molar refractivity (Wildman–Crippen MR) is 102 cm³/mol. The molecule has 0 aliphatic heterocycles. The first-order chi connectivity index (χ1) is 13.0. The summed E-state index contributed by atoms with van der Waals surface area (Å²) >= 11 is 6.21. The molecule has 0 saturated carbocycles. The van der Waals surface area contributed by atoms with Crippen molar-refractivity contribution < 1.29 is 9.53 Å². The van der Waals surface area contributed by atoms with E-state index in [0.29, 0.717) is 35.2 Å². The summed E-state index contributed by atoms with van der Waals surface area (Å²) in [5.74, 6) is 0.819. The first-order valence-electron chi connectivity index (χ1n) is 8.49. The lowest BCUT2D eigenvalue weighted by molar-refractivity contribution is 0.0784. The van der Waals surface area contributed by atoms with Gasteiger partial charge in [-0.15, -0.1) is 10.2 Å². The van der Waals surface area contributed by atoms with Crippen LogP contribution in [0.15, 0.2) is 42.6 Å². The average Bonchev–Trinajstić information content (AvgIpc) is 3.13. The molecular formula is C19H20ClN5O2. The topological polar surface area (TPSA) is 73.1 Å². The number of methoxy groups -OCH3 is 1. The standard InChI is InChI=1S/C19H20ClN5O2/c1-4-16-14(11-21-25(16)17-9-10-18(27-3)23-22-17)19(26)24(2)12-13-7-5-6-8-15(13)20/h5-11H,4,12H2,1-3H3. The summed E-state index contributed by atoms with van der Waals surface area (Å²) in [7, 11) is 3.27. The molecule has 140 valence electrons. The molecule has 2 heterocycles. The van der Waals surface area contributed by atoms with Crippen LogP contribution in [0, 0.1) is 0 Å². The summed E-state index contributed by atoms with van der Waals surface area (Å²) in [5, 5.41) is 13.0. The maximum Gasteiger partial charge on any atom is 0.257 e. The third-order valence-electron chi connectivity index (χ3n) is 4.20. The largest absolute Gasteiger partial charge is 0.480 e. The third-order valence-corrected chi connectivity index (χ3v) is 4.57. The van der Waals surface area contributed by atoms with Gasteiger partial charge in [0.05, 0.1) is 24.6 Å². The Bertz CT molecular complexity index is 940. The van der Waals surface area contributed by atoms with E-state index in [-0.39, 0.29) is 5.91 Å². The Hall–Kier alpha value is -2.93. The fourth-order valence-electron chi connectivity index (χ4n) is 2.78. The number of hydrogen-bond donors (Lipinski definition) is 0. The van der Waals surface area contributed by atoms with Crippen LogP contribution in [-0.4, -0.2) is 44.9 Å². The van der Waals surface area contributed by atoms with E-state index in [0.717, 1.165) is 11.3 Å². The van der Waals surface area contributed by atoms with Crippen LogP contribution in [-0.2, 0) is 13.0 Å². The number of carbonyl (C=O) groups excluding carboxylic acids is 1. The molecule has 0 radical (unpaired) electrons. The SMILES string of the molecule is CCc1c(C(=O)N(C)Cc2ccccc2Cl)cnn1-c1ccc(OC)nn1. The molecule has 0 spiro atoms. The second-order valence-corrected chi connectivity index (χ2v) is 6.36. The number of amides is 1. The average molecular weight is 386 g/mol. The number of benzene rings is 1. The van der Waals surface area contributed by atoms with Gasteiger partial charge in [-0.05, 0) is 24.1 Å². The van der Waals surface area contributed by atoms with Gasteiger partial charge in [-0.1, -0.05) is 36.7 Å². The minimum Gasteiger partial charge on any atom is -0.480 e. The Morgan fingerprint density at radius 3 is 2.63 bits per heavy atom. The van der Waals surface area contributed by atoms with E-state index in [4.69, 9.17) is 16.3 Å². The van der Waals surface area contributed by atoms with Gasteiger partial charge in [-0.25, -0.2) is 4.68 Å². The Labute approximate surface area is 162 Å². The number of aromatic nitrogens is 4. The van der Waals surface area contributed by atoms with Gasteiger partial charge in [0.1, 0.15) is 0 Å². The normalized spacial score (nSPS) is 10.7. The molecule has 0 aliphatic rings. The summed E-state index contributed by atoms with van der Waals surface area (Å²) in [4.78, 5) is 14.6. The van der Waals surface area contributed by atoms with Crippen molar-refractivity contribution in [1.29, 1.82) is 0 Å². The molecule has 1 amide bonds. The van der Waals surface area contributed by atoms with Crippen LogP contribution in [0.3, 0.4) is 0 Å². The quantitative estimate of drug-likeness (QED) is 0.651. The highest BCUT2D eigenvalue weighted by atomic mass is 35.5. The fraction of sp³-hybridized carbons (Fsp3) is 0.263. The van der Waals surface area contributed by atoms with Crippen molar-refractivity contribution in [3.8, 4) is 11.7 Å². The van der Waals surface area contributed by atoms with Crippen molar-refractivity contribution >= 4 is 17.5 Å². The van der Waals surface area contributed by atoms with Crippen LogP contribution in [0.4, 0.5) is 0 Å². The third kappa shape index (κ3) is 3.93. The van der Waals surface area contributed by atoms with Gasteiger partial charge in [0.25, 0.3) is 5.91 Å². The molecule has 0 fully saturated rings. The molecule has 3 aromatic rings. The number of hydrogen-bond acceptors (Lipinski definition) is 5. The van der Waals surface area contributed by atoms with Crippen LogP contribution in [0.1, 0.15) is 28.5 Å². The van der Waals surface area contributed by atoms with E-state index in [2.05, 4.69) is 15.3 Å². The number of rotatable bonds is 6. The van der Waals surface area contributed by atoms with E-state index in [1.807, 2.05) is 31.2 Å². The minimum atomic E-state index is -0.125. The Kier molecular flexibility index (Phi) is 5.71. The lowest BCUT2D eigenvalue weighted by Crippen LogP contribution is -2.27. The first kappa shape index (κ1) is 18.8. The van der Waals surface area contributed by atoms with Crippen molar-refractivity contribution in [3.63, 3.8) is 0 Å². The first-order valence-corrected chi connectivity index (χ1v) is 8.86. The highest BCUT2D eigenvalue weighted by Gasteiger charge is 2.21. The summed E-state index contributed by atoms with van der Waals surface area (Å²) in [6.45, 7) is 2.38. The summed E-state index contributed by atoms with van der Waals surface area (Å²) in [6.07, 6.45) is 2.19. The van der Waals surface area contributed by atoms with Gasteiger partial charge in [0.15, 0.2) is 5.82 Å². The smallest absolute Gasteiger partial charge is 0.257 e. The maximum atomic E-state index is 13.0. The van der Waals surface area contributed by atoms with Gasteiger partial charge >= 0.3 is 0 Å². The molecular weight excluding hydrogens is 366 g/mol. The van der Waals surface area contributed by atoms with E-state index < -0.39 is 0 Å². The fourth-order valence-corrected chi connectivity index (χ4v) is 2.98. The second-order valence-electron chi connectivity index (χ2n) is 5.96. The van der Waals surface area contributed by atoms with Crippen molar-refractivity contribution in [2.24, 2.45) is 0 Å². The van der Waals surface area contributed by atoms with Crippen molar-refractivity contribution in [2.45, 2.75) is 19.9 Å². The summed E-state index contributed by atoms with van der Waals surface area (Å²) in [6, 6.07) is 10.9. The molecule has 2 aromatic heterocycles. The van der Waals surface area contributed by atoms with Gasteiger partial charge in [-0.3, -0.25) is 4.79 Å². The molecule has 0 aliphatic carbocycles. The van der Waals surface area contributed by atoms with Crippen LogP contribution in [0.25, 0.3) is 5.82 Å². The van der Waals surface area contributed by atoms with Gasteiger partial charge in [0, 0.05) is 24.7 Å². The zero-order valence-corrected chi connectivity index (χ0v) is 16.1. The molecule has 8 heteroatoms. The lowest BCUT2D eigenvalue weighted by Gasteiger charge is -2.18. The predicted octanol–water partition coefficient (Wildman–Crippen LogP) is 3.16. The maximum absolute atomic E-state index is 13.0. The number of carbonyl (C=O) groups is 1. The Morgan fingerprint density at radius 1 is 1.22 bits per heavy atom. The van der Waals surface area contributed by atoms with Gasteiger partial charge in [0.2, 0.25) is 5.88 Å². The number of nitrogens with zero attached hydrogens (tertiary/aromatic N) is 5. The second kappa shape index (κ2) is 8.18. The van der Waals surface area contributed by atoms with Gasteiger partial charge in [-0.2, -0.15) is 5.10 Å². The van der Waals surface area contributed by atoms with Crippen LogP contribution in [0.2, 0.25) is 5.02 Å². The monoisotopic (exact) mass is 385 g/mol. The van der Waals surface area contributed by atoms with Gasteiger partial charge < -0.3 is 9.64 Å². The molecule has 27 heavy (non-hydrogen) atoms. The zero-order valence-electron chi connectivity index (χ0n) is 15.4. The molecule has 0 bridgehead atoms. The number of ether oxygens (including phenoxy) is 1. The Balaban J connectivity index is 1.86. The molecule has 3 rings (SSSR count). The summed E-state index contributed by atoms with van der Waals surface area (Å²) in [5.41, 5.74) is 2.19. The molecule has 0 unspecified atom stereocenters. The van der Waals surface area contributed by atoms with E-state index >= 15 is 0 Å². The molecule has 7 nitrogen and oxygen atoms in total. The Morgan fingerprint density at radius 2 is 2.00 bits per heavy atom. The van der Waals surface area contributed by atoms with Crippen molar-refractivity contribution in [3.05, 3.63) is 64.4 Å². The summed E-state index contributed by atoms with van der Waals surface area (Å²) < 4.78 is 6.66. The van der Waals surface area contributed by atoms with E-state index in [1.165, 1.54) is 7.11 Å². The number of halogens is 1. The minimum absolute atomic E-state index is 0.125. The zero-order chi connectivity index (χ0) is 19.4. The van der Waals surface area contributed by atoms with Crippen LogP contribution >= 0.6 is 11.6 Å². The van der Waals surface area contributed by atoms with Crippen LogP contribution in [0.5, 0.6) is 5.88 Å². The van der Waals surface area contributed by atoms with E-state index in [9.17, 15) is 4.79 Å². The van der Waals surface area contributed by atoms with Crippen LogP contribution < -0.4 is 4.74 Å². The molecule has 0 atom stereocenters. The molecule has 1 aromatic carbocycles.